The van der Waals surface area contributed by atoms with Gasteiger partial charge >= 0.3 is 6.09 Å². The molecule has 2 saturated carbocycles. The summed E-state index contributed by atoms with van der Waals surface area (Å²) in [7, 11) is 0. The molecule has 2 aliphatic carbocycles. The number of nitrogens with zero attached hydrogens (tertiary/aromatic N) is 1. The van der Waals surface area contributed by atoms with Crippen LogP contribution in [0.4, 0.5) is 4.79 Å². The van der Waals surface area contributed by atoms with E-state index in [0.717, 1.165) is 12.8 Å². The summed E-state index contributed by atoms with van der Waals surface area (Å²) in [5.74, 6) is -1.24. The monoisotopic (exact) mass is 508 g/mol. The van der Waals surface area contributed by atoms with Crippen LogP contribution in [0.2, 0.25) is 0 Å². The Morgan fingerprint density at radius 1 is 1.08 bits per heavy atom. The summed E-state index contributed by atoms with van der Waals surface area (Å²) in [6.07, 6.45) is 0.217. The van der Waals surface area contributed by atoms with Crippen LogP contribution in [0.1, 0.15) is 74.7 Å². The molecule has 36 heavy (non-hydrogen) atoms. The molecule has 5 N–H and O–H groups in total. The topological polar surface area (TPSA) is 151 Å². The highest BCUT2D eigenvalue weighted by atomic mass is 16.6. The molecule has 3 fully saturated rings. The first-order chi connectivity index (χ1) is 16.3. The van der Waals surface area contributed by atoms with Crippen LogP contribution in [0.3, 0.4) is 0 Å². The fourth-order valence-electron chi connectivity index (χ4n) is 5.50. The Bertz CT molecular complexity index is 901. The van der Waals surface area contributed by atoms with Gasteiger partial charge in [-0.2, -0.15) is 0 Å². The van der Waals surface area contributed by atoms with Gasteiger partial charge in [0.1, 0.15) is 17.7 Å². The molecule has 0 aromatic carbocycles. The van der Waals surface area contributed by atoms with Crippen molar-refractivity contribution in [2.75, 3.05) is 6.54 Å². The number of carbonyl (C=O) groups is 4. The summed E-state index contributed by atoms with van der Waals surface area (Å²) >= 11 is 0. The molecule has 0 bridgehead atoms. The lowest BCUT2D eigenvalue weighted by Gasteiger charge is -2.38. The number of ether oxygens (including phenoxy) is 1. The van der Waals surface area contributed by atoms with Crippen molar-refractivity contribution >= 4 is 23.8 Å². The van der Waals surface area contributed by atoms with E-state index in [1.165, 1.54) is 0 Å². The third-order valence-corrected chi connectivity index (χ3v) is 7.82. The number of alkyl carbamates (subject to hydrolysis) is 1. The van der Waals surface area contributed by atoms with Gasteiger partial charge in [-0.05, 0) is 55.8 Å². The van der Waals surface area contributed by atoms with E-state index in [4.69, 9.17) is 10.5 Å². The predicted octanol–water partition coefficient (Wildman–Crippen LogP) is 1.54. The van der Waals surface area contributed by atoms with E-state index in [-0.39, 0.29) is 23.2 Å². The van der Waals surface area contributed by atoms with Crippen molar-refractivity contribution in [3.63, 3.8) is 0 Å². The Hall–Kier alpha value is -2.36. The fourth-order valence-corrected chi connectivity index (χ4v) is 5.50. The molecule has 10 nitrogen and oxygen atoms in total. The van der Waals surface area contributed by atoms with Crippen LogP contribution in [0.25, 0.3) is 0 Å². The van der Waals surface area contributed by atoms with E-state index in [9.17, 15) is 24.3 Å². The van der Waals surface area contributed by atoms with E-state index in [2.05, 4.69) is 24.5 Å². The average Bonchev–Trinajstić information content (AvgIpc) is 3.55. The van der Waals surface area contributed by atoms with Crippen LogP contribution in [-0.4, -0.2) is 70.2 Å². The van der Waals surface area contributed by atoms with Crippen molar-refractivity contribution < 1.29 is 29.0 Å². The van der Waals surface area contributed by atoms with Gasteiger partial charge in [-0.25, -0.2) is 4.79 Å². The number of aliphatic hydroxyl groups excluding tert-OH is 1. The number of fused-ring (bicyclic) bond motifs is 1. The normalized spacial score (nSPS) is 27.4. The molecule has 6 atom stereocenters. The Balaban J connectivity index is 1.82. The zero-order valence-corrected chi connectivity index (χ0v) is 22.9. The van der Waals surface area contributed by atoms with Gasteiger partial charge in [-0.15, -0.1) is 0 Å². The Labute approximate surface area is 214 Å². The fraction of sp³-hybridized carbons (Fsp3) is 0.846. The summed E-state index contributed by atoms with van der Waals surface area (Å²) in [6, 6.07) is -2.50. The summed E-state index contributed by atoms with van der Waals surface area (Å²) in [5.41, 5.74) is 3.84. The molecule has 4 unspecified atom stereocenters. The number of carbonyl (C=O) groups excluding carboxylic acids is 4. The molecule has 204 valence electrons. The Morgan fingerprint density at radius 3 is 2.14 bits per heavy atom. The number of nitrogens with two attached hydrogens (primary N) is 1. The standard InChI is InChI=1S/C26H44N4O6/c1-24(2,3)19(29-23(35)36-25(4,5)6)22(34)30-12-14-16(26(14,7)8)17(30)21(33)28-15(11-13-9-10-13)18(31)20(27)32/h13-19,31H,9-12H2,1-8H3,(H2,27,32)(H,28,33)(H,29,35)/t14-,15?,16-,17?,18?,19?/m0/s1. The third kappa shape index (κ3) is 6.12. The zero-order chi connectivity index (χ0) is 27.4. The maximum Gasteiger partial charge on any atom is 0.408 e. The van der Waals surface area contributed by atoms with Gasteiger partial charge in [0.25, 0.3) is 0 Å². The van der Waals surface area contributed by atoms with Gasteiger partial charge in [0.15, 0.2) is 6.10 Å². The van der Waals surface area contributed by atoms with Gasteiger partial charge in [0.05, 0.1) is 6.04 Å². The molecular weight excluding hydrogens is 464 g/mol. The van der Waals surface area contributed by atoms with E-state index in [1.54, 1.807) is 25.7 Å². The van der Waals surface area contributed by atoms with Gasteiger partial charge in [0, 0.05) is 6.54 Å². The highest BCUT2D eigenvalue weighted by Gasteiger charge is 2.70. The molecule has 1 saturated heterocycles. The minimum atomic E-state index is -1.50. The highest BCUT2D eigenvalue weighted by molar-refractivity contribution is 5.94. The molecule has 4 amide bonds. The maximum atomic E-state index is 13.9. The second kappa shape index (κ2) is 9.50. The van der Waals surface area contributed by atoms with Gasteiger partial charge in [-0.1, -0.05) is 47.5 Å². The summed E-state index contributed by atoms with van der Waals surface area (Å²) < 4.78 is 5.39. The van der Waals surface area contributed by atoms with Crippen LogP contribution in [0.15, 0.2) is 0 Å². The largest absolute Gasteiger partial charge is 0.444 e. The molecular formula is C26H44N4O6. The van der Waals surface area contributed by atoms with Crippen LogP contribution in [-0.2, 0) is 19.1 Å². The highest BCUT2D eigenvalue weighted by Crippen LogP contribution is 2.65. The molecule has 0 radical (unpaired) electrons. The second-order valence-electron chi connectivity index (χ2n) is 13.5. The van der Waals surface area contributed by atoms with Crippen molar-refractivity contribution in [3.05, 3.63) is 0 Å². The van der Waals surface area contributed by atoms with Crippen molar-refractivity contribution in [2.24, 2.45) is 34.3 Å². The lowest BCUT2D eigenvalue weighted by atomic mass is 9.85. The maximum absolute atomic E-state index is 13.9. The van der Waals surface area contributed by atoms with E-state index in [0.29, 0.717) is 18.9 Å². The number of nitrogens with one attached hydrogen (secondary N) is 2. The quantitative estimate of drug-likeness (QED) is 0.390. The van der Waals surface area contributed by atoms with Crippen molar-refractivity contribution in [1.82, 2.24) is 15.5 Å². The molecule has 3 aliphatic rings. The molecule has 3 rings (SSSR count). The number of aliphatic hydroxyl groups is 1. The zero-order valence-electron chi connectivity index (χ0n) is 22.9. The minimum Gasteiger partial charge on any atom is -0.444 e. The summed E-state index contributed by atoms with van der Waals surface area (Å²) in [6.45, 7) is 15.3. The smallest absolute Gasteiger partial charge is 0.408 e. The number of amides is 4. The number of likely N-dealkylation sites (tertiary alicyclic amines) is 1. The van der Waals surface area contributed by atoms with E-state index in [1.807, 2.05) is 20.8 Å². The Kier molecular flexibility index (Phi) is 7.45. The Morgan fingerprint density at radius 2 is 1.67 bits per heavy atom. The number of rotatable bonds is 8. The second-order valence-corrected chi connectivity index (χ2v) is 13.5. The molecule has 0 spiro atoms. The molecule has 1 heterocycles. The van der Waals surface area contributed by atoms with Crippen LogP contribution >= 0.6 is 0 Å². The number of hydrogen-bond donors (Lipinski definition) is 4. The van der Waals surface area contributed by atoms with Gasteiger partial charge in [0.2, 0.25) is 17.7 Å². The lowest BCUT2D eigenvalue weighted by molar-refractivity contribution is -0.145. The number of primary amides is 1. The van der Waals surface area contributed by atoms with E-state index < -0.39 is 53.2 Å². The average molecular weight is 509 g/mol. The molecule has 0 aromatic rings. The van der Waals surface area contributed by atoms with Gasteiger partial charge < -0.3 is 31.1 Å². The summed E-state index contributed by atoms with van der Waals surface area (Å²) in [4.78, 5) is 53.3. The summed E-state index contributed by atoms with van der Waals surface area (Å²) in [5, 5.41) is 15.9. The number of piperidine rings is 1. The van der Waals surface area contributed by atoms with Crippen molar-refractivity contribution in [3.8, 4) is 0 Å². The first-order valence-corrected chi connectivity index (χ1v) is 12.9. The molecule has 10 heteroatoms. The van der Waals surface area contributed by atoms with Crippen molar-refractivity contribution in [2.45, 2.75) is 104 Å². The molecule has 1 aliphatic heterocycles. The first kappa shape index (κ1) is 28.2. The predicted molar refractivity (Wildman–Crippen MR) is 133 cm³/mol. The SMILES string of the molecule is CC(C)(C)OC(=O)NC(C(=O)N1C[C@H]2[C@@H](C1C(=O)NC(CC1CC1)C(O)C(N)=O)C2(C)C)C(C)(C)C. The molecule has 0 aromatic heterocycles. The minimum absolute atomic E-state index is 0.0594. The lowest BCUT2D eigenvalue weighted by Crippen LogP contribution is -2.61. The van der Waals surface area contributed by atoms with Crippen LogP contribution < -0.4 is 16.4 Å². The van der Waals surface area contributed by atoms with E-state index >= 15 is 0 Å². The van der Waals surface area contributed by atoms with Gasteiger partial charge in [-0.3, -0.25) is 14.4 Å². The first-order valence-electron chi connectivity index (χ1n) is 12.9. The number of hydrogen-bond acceptors (Lipinski definition) is 6. The third-order valence-electron chi connectivity index (χ3n) is 7.82. The van der Waals surface area contributed by atoms with Crippen LogP contribution in [0, 0.1) is 28.6 Å². The van der Waals surface area contributed by atoms with Crippen LogP contribution in [0.5, 0.6) is 0 Å². The van der Waals surface area contributed by atoms with Crippen molar-refractivity contribution in [1.29, 1.82) is 0 Å².